The van der Waals surface area contributed by atoms with Gasteiger partial charge in [-0.25, -0.2) is 4.79 Å². The van der Waals surface area contributed by atoms with Crippen LogP contribution in [-0.4, -0.2) is 17.7 Å². The minimum absolute atomic E-state index is 0.192. The fourth-order valence-corrected chi connectivity index (χ4v) is 5.01. The Hall–Kier alpha value is -4.05. The van der Waals surface area contributed by atoms with Crippen LogP contribution in [-0.2, 0) is 17.8 Å². The molecule has 0 spiro atoms. The van der Waals surface area contributed by atoms with Gasteiger partial charge in [-0.05, 0) is 70.8 Å². The van der Waals surface area contributed by atoms with Crippen molar-refractivity contribution >= 4 is 5.97 Å². The number of fused-ring (bicyclic) bond motifs is 1. The molecule has 4 nitrogen and oxygen atoms in total. The third kappa shape index (κ3) is 5.38. The van der Waals surface area contributed by atoms with Crippen molar-refractivity contribution in [2.45, 2.75) is 31.3 Å². The Morgan fingerprint density at radius 1 is 0.771 bits per heavy atom. The Bertz CT molecular complexity index is 1270. The van der Waals surface area contributed by atoms with Gasteiger partial charge < -0.3 is 14.6 Å². The summed E-state index contributed by atoms with van der Waals surface area (Å²) in [7, 11) is 0. The molecule has 0 bridgehead atoms. The molecule has 35 heavy (non-hydrogen) atoms. The van der Waals surface area contributed by atoms with Crippen molar-refractivity contribution in [3.8, 4) is 11.5 Å². The lowest BCUT2D eigenvalue weighted by Gasteiger charge is -2.35. The van der Waals surface area contributed by atoms with E-state index in [1.54, 1.807) is 0 Å². The van der Waals surface area contributed by atoms with Crippen LogP contribution < -0.4 is 9.47 Å². The fourth-order valence-electron chi connectivity index (χ4n) is 5.01. The fraction of sp³-hybridized carbons (Fsp3) is 0.194. The van der Waals surface area contributed by atoms with Gasteiger partial charge in [0, 0.05) is 5.92 Å². The van der Waals surface area contributed by atoms with E-state index in [0.717, 1.165) is 24.2 Å². The number of carboxylic acid groups (broad SMARTS) is 1. The number of carbonyl (C=O) groups is 1. The predicted molar refractivity (Wildman–Crippen MR) is 136 cm³/mol. The molecule has 0 heterocycles. The Labute approximate surface area is 205 Å². The van der Waals surface area contributed by atoms with Gasteiger partial charge in [0.25, 0.3) is 0 Å². The second kappa shape index (κ2) is 10.5. The van der Waals surface area contributed by atoms with Crippen LogP contribution in [0.2, 0.25) is 0 Å². The van der Waals surface area contributed by atoms with Gasteiger partial charge in [-0.15, -0.1) is 0 Å². The molecule has 1 aliphatic carbocycles. The standard InChI is InChI=1S/C31H28O4/c32-30(33)21-35-26-14-11-24(12-15-26)31-28(23-9-5-2-6-10-23)17-13-25-19-27(16-18-29(25)31)34-20-22-7-3-1-4-8-22/h1-12,14-16,18-19,28,31H,13,17,20-21H2,(H,32,33)/t28-,31+/m1/s1. The van der Waals surface area contributed by atoms with E-state index in [9.17, 15) is 4.79 Å². The van der Waals surface area contributed by atoms with Crippen molar-refractivity contribution in [1.82, 2.24) is 0 Å². The Kier molecular flexibility index (Phi) is 6.80. The van der Waals surface area contributed by atoms with E-state index in [1.165, 1.54) is 22.3 Å². The third-order valence-corrected chi connectivity index (χ3v) is 6.65. The monoisotopic (exact) mass is 464 g/mol. The Morgan fingerprint density at radius 2 is 1.46 bits per heavy atom. The Morgan fingerprint density at radius 3 is 2.17 bits per heavy atom. The minimum Gasteiger partial charge on any atom is -0.489 e. The number of aliphatic carboxylic acids is 1. The molecule has 5 rings (SSSR count). The highest BCUT2D eigenvalue weighted by Gasteiger charge is 2.32. The highest BCUT2D eigenvalue weighted by molar-refractivity contribution is 5.68. The normalized spacial score (nSPS) is 16.8. The van der Waals surface area contributed by atoms with Crippen LogP contribution in [0.15, 0.2) is 103 Å². The van der Waals surface area contributed by atoms with Crippen molar-refractivity contribution < 1.29 is 19.4 Å². The SMILES string of the molecule is O=C(O)COc1ccc([C@@H]2c3ccc(OCc4ccccc4)cc3CC[C@@H]2c2ccccc2)cc1. The maximum absolute atomic E-state index is 10.8. The number of benzene rings is 4. The average molecular weight is 465 g/mol. The summed E-state index contributed by atoms with van der Waals surface area (Å²) < 4.78 is 11.5. The molecule has 0 saturated carbocycles. The van der Waals surface area contributed by atoms with Crippen LogP contribution >= 0.6 is 0 Å². The van der Waals surface area contributed by atoms with Crippen molar-refractivity contribution in [3.63, 3.8) is 0 Å². The lowest BCUT2D eigenvalue weighted by molar-refractivity contribution is -0.139. The molecule has 0 amide bonds. The van der Waals surface area contributed by atoms with Crippen LogP contribution in [0, 0.1) is 0 Å². The predicted octanol–water partition coefficient (Wildman–Crippen LogP) is 6.59. The first-order valence-electron chi connectivity index (χ1n) is 12.0. The van der Waals surface area contributed by atoms with Gasteiger partial charge in [0.1, 0.15) is 18.1 Å². The molecule has 4 aromatic carbocycles. The maximum Gasteiger partial charge on any atom is 0.341 e. The summed E-state index contributed by atoms with van der Waals surface area (Å²) >= 11 is 0. The van der Waals surface area contributed by atoms with E-state index >= 15 is 0 Å². The first kappa shape index (κ1) is 22.7. The van der Waals surface area contributed by atoms with Crippen LogP contribution in [0.3, 0.4) is 0 Å². The van der Waals surface area contributed by atoms with E-state index in [-0.39, 0.29) is 12.5 Å². The van der Waals surface area contributed by atoms with Crippen molar-refractivity contribution in [1.29, 1.82) is 0 Å². The molecule has 1 aliphatic rings. The highest BCUT2D eigenvalue weighted by Crippen LogP contribution is 2.47. The molecule has 0 saturated heterocycles. The molecule has 0 radical (unpaired) electrons. The zero-order valence-electron chi connectivity index (χ0n) is 19.5. The third-order valence-electron chi connectivity index (χ3n) is 6.65. The van der Waals surface area contributed by atoms with E-state index < -0.39 is 5.97 Å². The van der Waals surface area contributed by atoms with Crippen molar-refractivity contribution in [3.05, 3.63) is 131 Å². The second-order valence-corrected chi connectivity index (χ2v) is 8.92. The second-order valence-electron chi connectivity index (χ2n) is 8.92. The molecule has 1 N–H and O–H groups in total. The molecule has 0 fully saturated rings. The first-order valence-corrected chi connectivity index (χ1v) is 12.0. The zero-order valence-corrected chi connectivity index (χ0v) is 19.5. The van der Waals surface area contributed by atoms with Gasteiger partial charge in [0.2, 0.25) is 0 Å². The number of hydrogen-bond acceptors (Lipinski definition) is 3. The lowest BCUT2D eigenvalue weighted by atomic mass is 9.69. The lowest BCUT2D eigenvalue weighted by Crippen LogP contribution is -2.20. The molecule has 4 heteroatoms. The van der Waals surface area contributed by atoms with Gasteiger partial charge in [-0.2, -0.15) is 0 Å². The summed E-state index contributed by atoms with van der Waals surface area (Å²) in [4.78, 5) is 10.8. The molecule has 176 valence electrons. The summed E-state index contributed by atoms with van der Waals surface area (Å²) in [5.41, 5.74) is 6.31. The molecule has 4 aromatic rings. The zero-order chi connectivity index (χ0) is 24.0. The molecule has 0 aliphatic heterocycles. The number of aryl methyl sites for hydroxylation is 1. The summed E-state index contributed by atoms with van der Waals surface area (Å²) in [6.45, 7) is 0.206. The van der Waals surface area contributed by atoms with E-state index in [0.29, 0.717) is 18.3 Å². The largest absolute Gasteiger partial charge is 0.489 e. The number of carboxylic acids is 1. The van der Waals surface area contributed by atoms with Crippen LogP contribution in [0.1, 0.15) is 46.1 Å². The van der Waals surface area contributed by atoms with E-state index in [4.69, 9.17) is 14.6 Å². The highest BCUT2D eigenvalue weighted by atomic mass is 16.5. The van der Waals surface area contributed by atoms with Gasteiger partial charge in [0.15, 0.2) is 6.61 Å². The maximum atomic E-state index is 10.8. The summed E-state index contributed by atoms with van der Waals surface area (Å²) in [6.07, 6.45) is 2.04. The topological polar surface area (TPSA) is 55.8 Å². The van der Waals surface area contributed by atoms with Crippen molar-refractivity contribution in [2.24, 2.45) is 0 Å². The number of hydrogen-bond donors (Lipinski definition) is 1. The number of rotatable bonds is 8. The van der Waals surface area contributed by atoms with Crippen LogP contribution in [0.4, 0.5) is 0 Å². The van der Waals surface area contributed by atoms with Gasteiger partial charge in [-0.3, -0.25) is 0 Å². The molecule has 0 unspecified atom stereocenters. The van der Waals surface area contributed by atoms with Gasteiger partial charge in [-0.1, -0.05) is 78.9 Å². The van der Waals surface area contributed by atoms with Crippen LogP contribution in [0.25, 0.3) is 0 Å². The molecule has 0 aromatic heterocycles. The summed E-state index contributed by atoms with van der Waals surface area (Å²) in [5.74, 6) is 1.02. The van der Waals surface area contributed by atoms with Gasteiger partial charge >= 0.3 is 5.97 Å². The first-order chi connectivity index (χ1) is 17.2. The summed E-state index contributed by atoms with van der Waals surface area (Å²) in [6, 6.07) is 35.2. The van der Waals surface area contributed by atoms with E-state index in [1.807, 2.05) is 30.3 Å². The number of ether oxygens (including phenoxy) is 2. The van der Waals surface area contributed by atoms with Gasteiger partial charge in [0.05, 0.1) is 0 Å². The average Bonchev–Trinajstić information content (AvgIpc) is 2.91. The minimum atomic E-state index is -0.982. The van der Waals surface area contributed by atoms with Crippen molar-refractivity contribution in [2.75, 3.05) is 6.61 Å². The van der Waals surface area contributed by atoms with Crippen LogP contribution in [0.5, 0.6) is 11.5 Å². The molecule has 2 atom stereocenters. The van der Waals surface area contributed by atoms with E-state index in [2.05, 4.69) is 72.8 Å². The molecular formula is C31H28O4. The quantitative estimate of drug-likeness (QED) is 0.320. The Balaban J connectivity index is 1.44. The summed E-state index contributed by atoms with van der Waals surface area (Å²) in [5, 5.41) is 8.89. The molecular weight excluding hydrogens is 436 g/mol. The smallest absolute Gasteiger partial charge is 0.341 e.